The number of amides is 2. The first kappa shape index (κ1) is 21.4. The first-order valence-electron chi connectivity index (χ1n) is 10.1. The number of para-hydroxylation sites is 1. The van der Waals surface area contributed by atoms with E-state index in [0.29, 0.717) is 18.2 Å². The van der Waals surface area contributed by atoms with Crippen molar-refractivity contribution in [3.05, 3.63) is 59.7 Å². The zero-order chi connectivity index (χ0) is 20.6. The van der Waals surface area contributed by atoms with E-state index in [0.717, 1.165) is 38.0 Å². The first-order chi connectivity index (χ1) is 14.1. The Morgan fingerprint density at radius 1 is 1.03 bits per heavy atom. The molecule has 1 saturated heterocycles. The Labute approximate surface area is 177 Å². The molecular weight excluding hydrogens is 382 g/mol. The summed E-state index contributed by atoms with van der Waals surface area (Å²) in [7, 11) is 0. The van der Waals surface area contributed by atoms with Crippen molar-refractivity contribution < 1.29 is 9.59 Å². The third-order valence-electron chi connectivity index (χ3n) is 5.44. The van der Waals surface area contributed by atoms with E-state index in [1.807, 2.05) is 25.1 Å². The van der Waals surface area contributed by atoms with Gasteiger partial charge >= 0.3 is 11.8 Å². The number of nitrogens with zero attached hydrogens (tertiary/aromatic N) is 1. The van der Waals surface area contributed by atoms with Gasteiger partial charge in [-0.1, -0.05) is 36.4 Å². The summed E-state index contributed by atoms with van der Waals surface area (Å²) in [4.78, 5) is 28.1. The standard InChI is InChI=1S/C23H29N3O2S/c1-17-7-3-5-9-20(17)25-23(28)22(27)24-15-18-11-13-26(14-12-18)16-19-8-4-6-10-21(19)29-2/h3-10,18H,11-16H2,1-2H3,(H,24,27)(H,25,28). The Hall–Kier alpha value is -2.31. The predicted molar refractivity (Wildman–Crippen MR) is 119 cm³/mol. The van der Waals surface area contributed by atoms with Crippen LogP contribution in [-0.4, -0.2) is 42.6 Å². The van der Waals surface area contributed by atoms with Crippen LogP contribution in [0.25, 0.3) is 0 Å². The lowest BCUT2D eigenvalue weighted by atomic mass is 9.96. The molecule has 0 aliphatic carbocycles. The molecule has 6 heteroatoms. The van der Waals surface area contributed by atoms with Gasteiger partial charge in [0, 0.05) is 23.7 Å². The molecule has 2 aromatic rings. The van der Waals surface area contributed by atoms with Crippen LogP contribution in [0.15, 0.2) is 53.4 Å². The van der Waals surface area contributed by atoms with Gasteiger partial charge in [-0.3, -0.25) is 14.5 Å². The molecule has 0 bridgehead atoms. The molecule has 0 atom stereocenters. The van der Waals surface area contributed by atoms with Gasteiger partial charge in [-0.2, -0.15) is 0 Å². The lowest BCUT2D eigenvalue weighted by molar-refractivity contribution is -0.136. The number of hydrogen-bond acceptors (Lipinski definition) is 4. The maximum atomic E-state index is 12.1. The number of nitrogens with one attached hydrogen (secondary N) is 2. The number of aryl methyl sites for hydroxylation is 1. The van der Waals surface area contributed by atoms with E-state index >= 15 is 0 Å². The lowest BCUT2D eigenvalue weighted by Crippen LogP contribution is -2.41. The van der Waals surface area contributed by atoms with Crippen LogP contribution in [0.5, 0.6) is 0 Å². The van der Waals surface area contributed by atoms with Crippen LogP contribution in [0.2, 0.25) is 0 Å². The summed E-state index contributed by atoms with van der Waals surface area (Å²) in [5.74, 6) is -0.757. The normalized spacial score (nSPS) is 15.1. The third kappa shape index (κ3) is 6.08. The fraction of sp³-hybridized carbons (Fsp3) is 0.391. The van der Waals surface area contributed by atoms with Gasteiger partial charge < -0.3 is 10.6 Å². The highest BCUT2D eigenvalue weighted by Gasteiger charge is 2.22. The van der Waals surface area contributed by atoms with Crippen LogP contribution >= 0.6 is 11.8 Å². The van der Waals surface area contributed by atoms with Crippen molar-refractivity contribution >= 4 is 29.3 Å². The van der Waals surface area contributed by atoms with E-state index in [-0.39, 0.29) is 0 Å². The van der Waals surface area contributed by atoms with E-state index in [9.17, 15) is 9.59 Å². The van der Waals surface area contributed by atoms with Crippen LogP contribution in [0, 0.1) is 12.8 Å². The zero-order valence-electron chi connectivity index (χ0n) is 17.1. The minimum absolute atomic E-state index is 0.414. The highest BCUT2D eigenvalue weighted by Crippen LogP contribution is 2.24. The summed E-state index contributed by atoms with van der Waals surface area (Å²) in [6, 6.07) is 16.0. The Morgan fingerprint density at radius 2 is 1.72 bits per heavy atom. The first-order valence-corrected chi connectivity index (χ1v) is 11.3. The predicted octanol–water partition coefficient (Wildman–Crippen LogP) is 3.68. The van der Waals surface area contributed by atoms with Crippen molar-refractivity contribution in [2.24, 2.45) is 5.92 Å². The van der Waals surface area contributed by atoms with Gasteiger partial charge in [-0.15, -0.1) is 11.8 Å². The van der Waals surface area contributed by atoms with Gasteiger partial charge in [0.25, 0.3) is 0 Å². The molecular formula is C23H29N3O2S. The Morgan fingerprint density at radius 3 is 2.45 bits per heavy atom. The van der Waals surface area contributed by atoms with E-state index in [1.54, 1.807) is 17.8 Å². The molecule has 29 heavy (non-hydrogen) atoms. The summed E-state index contributed by atoms with van der Waals surface area (Å²) in [5, 5.41) is 5.48. The fourth-order valence-electron chi connectivity index (χ4n) is 3.63. The number of likely N-dealkylation sites (tertiary alicyclic amines) is 1. The fourth-order valence-corrected chi connectivity index (χ4v) is 4.24. The van der Waals surface area contributed by atoms with Crippen molar-refractivity contribution in [1.29, 1.82) is 0 Å². The highest BCUT2D eigenvalue weighted by atomic mass is 32.2. The van der Waals surface area contributed by atoms with E-state index in [1.165, 1.54) is 10.5 Å². The highest BCUT2D eigenvalue weighted by molar-refractivity contribution is 7.98. The molecule has 0 spiro atoms. The van der Waals surface area contributed by atoms with Crippen molar-refractivity contribution in [1.82, 2.24) is 10.2 Å². The average Bonchev–Trinajstić information content (AvgIpc) is 2.75. The van der Waals surface area contributed by atoms with Crippen LogP contribution in [0.3, 0.4) is 0 Å². The number of hydrogen-bond donors (Lipinski definition) is 2. The molecule has 154 valence electrons. The molecule has 0 aromatic heterocycles. The molecule has 1 aliphatic rings. The SMILES string of the molecule is CSc1ccccc1CN1CCC(CNC(=O)C(=O)Nc2ccccc2C)CC1. The second-order valence-electron chi connectivity index (χ2n) is 7.51. The molecule has 5 nitrogen and oxygen atoms in total. The van der Waals surface area contributed by atoms with Crippen LogP contribution in [0.4, 0.5) is 5.69 Å². The minimum Gasteiger partial charge on any atom is -0.348 e. The number of carbonyl (C=O) groups is 2. The maximum absolute atomic E-state index is 12.1. The molecule has 1 fully saturated rings. The minimum atomic E-state index is -0.606. The summed E-state index contributed by atoms with van der Waals surface area (Å²) in [6.45, 7) is 5.44. The topological polar surface area (TPSA) is 61.4 Å². The summed E-state index contributed by atoms with van der Waals surface area (Å²) in [6.07, 6.45) is 4.17. The van der Waals surface area contributed by atoms with Crippen LogP contribution < -0.4 is 10.6 Å². The third-order valence-corrected chi connectivity index (χ3v) is 6.28. The second-order valence-corrected chi connectivity index (χ2v) is 8.36. The molecule has 3 rings (SSSR count). The molecule has 0 radical (unpaired) electrons. The molecule has 2 N–H and O–H groups in total. The Kier molecular flexibility index (Phi) is 7.72. The Bertz CT molecular complexity index is 848. The van der Waals surface area contributed by atoms with Gasteiger partial charge in [0.1, 0.15) is 0 Å². The van der Waals surface area contributed by atoms with E-state index in [4.69, 9.17) is 0 Å². The summed E-state index contributed by atoms with van der Waals surface area (Å²) >= 11 is 1.79. The lowest BCUT2D eigenvalue weighted by Gasteiger charge is -2.32. The number of piperidine rings is 1. The van der Waals surface area contributed by atoms with Crippen molar-refractivity contribution in [3.8, 4) is 0 Å². The quantitative estimate of drug-likeness (QED) is 0.562. The molecule has 1 aliphatic heterocycles. The number of thioether (sulfide) groups is 1. The molecule has 0 unspecified atom stereocenters. The number of rotatable bonds is 6. The largest absolute Gasteiger partial charge is 0.348 e. The molecule has 2 amide bonds. The van der Waals surface area contributed by atoms with Gasteiger partial charge in [-0.05, 0) is 68.3 Å². The zero-order valence-corrected chi connectivity index (χ0v) is 17.9. The molecule has 0 saturated carbocycles. The second kappa shape index (κ2) is 10.5. The van der Waals surface area contributed by atoms with Crippen molar-refractivity contribution in [2.75, 3.05) is 31.2 Å². The monoisotopic (exact) mass is 411 g/mol. The number of anilines is 1. The number of carbonyl (C=O) groups excluding carboxylic acids is 2. The Balaban J connectivity index is 1.41. The molecule has 2 aromatic carbocycles. The van der Waals surface area contributed by atoms with Gasteiger partial charge in [0.2, 0.25) is 0 Å². The average molecular weight is 412 g/mol. The van der Waals surface area contributed by atoms with E-state index < -0.39 is 11.8 Å². The smallest absolute Gasteiger partial charge is 0.313 e. The maximum Gasteiger partial charge on any atom is 0.313 e. The van der Waals surface area contributed by atoms with Gasteiger partial charge in [-0.25, -0.2) is 0 Å². The van der Waals surface area contributed by atoms with Gasteiger partial charge in [0.05, 0.1) is 0 Å². The molecule has 1 heterocycles. The summed E-state index contributed by atoms with van der Waals surface area (Å²) < 4.78 is 0. The van der Waals surface area contributed by atoms with Crippen LogP contribution in [0.1, 0.15) is 24.0 Å². The van der Waals surface area contributed by atoms with Crippen molar-refractivity contribution in [3.63, 3.8) is 0 Å². The van der Waals surface area contributed by atoms with Crippen LogP contribution in [-0.2, 0) is 16.1 Å². The van der Waals surface area contributed by atoms with E-state index in [2.05, 4.69) is 46.1 Å². The van der Waals surface area contributed by atoms with Gasteiger partial charge in [0.15, 0.2) is 0 Å². The summed E-state index contributed by atoms with van der Waals surface area (Å²) in [5.41, 5.74) is 2.98. The van der Waals surface area contributed by atoms with Crippen molar-refractivity contribution in [2.45, 2.75) is 31.2 Å². The number of benzene rings is 2.